The molecule has 0 amide bonds. The predicted octanol–water partition coefficient (Wildman–Crippen LogP) is 2.86. The van der Waals surface area contributed by atoms with Crippen molar-refractivity contribution in [2.24, 2.45) is 0 Å². The average Bonchev–Trinajstić information content (AvgIpc) is 3.23. The van der Waals surface area contributed by atoms with E-state index >= 15 is 0 Å². The zero-order valence-electron chi connectivity index (χ0n) is 13.6. The predicted molar refractivity (Wildman–Crippen MR) is 91.5 cm³/mol. The first kappa shape index (κ1) is 14.6. The number of aryl methyl sites for hydroxylation is 2. The van der Waals surface area contributed by atoms with Gasteiger partial charge in [-0.3, -0.25) is 0 Å². The van der Waals surface area contributed by atoms with Gasteiger partial charge in [0.05, 0.1) is 36.7 Å². The topological polar surface area (TPSA) is 70.6 Å². The molecule has 120 valence electrons. The van der Waals surface area contributed by atoms with E-state index in [4.69, 9.17) is 5.26 Å². The Morgan fingerprint density at radius 2 is 2.21 bits per heavy atom. The summed E-state index contributed by atoms with van der Waals surface area (Å²) in [6.45, 7) is 0.548. The monoisotopic (exact) mass is 318 g/mol. The van der Waals surface area contributed by atoms with Crippen LogP contribution < -0.4 is 4.90 Å². The third-order valence-electron chi connectivity index (χ3n) is 4.75. The van der Waals surface area contributed by atoms with E-state index in [1.165, 1.54) is 11.1 Å². The summed E-state index contributed by atoms with van der Waals surface area (Å²) in [5.74, 6) is 0.893. The fourth-order valence-corrected chi connectivity index (χ4v) is 3.57. The van der Waals surface area contributed by atoms with E-state index in [0.717, 1.165) is 29.7 Å². The van der Waals surface area contributed by atoms with Gasteiger partial charge in [0.25, 0.3) is 0 Å². The number of hydrogen-bond acceptors (Lipinski definition) is 5. The lowest BCUT2D eigenvalue weighted by Crippen LogP contribution is -2.23. The van der Waals surface area contributed by atoms with Crippen LogP contribution in [-0.4, -0.2) is 26.8 Å². The lowest BCUT2D eigenvalue weighted by molar-refractivity contribution is 0.642. The summed E-state index contributed by atoms with van der Waals surface area (Å²) >= 11 is 0. The van der Waals surface area contributed by atoms with Gasteiger partial charge in [-0.1, -0.05) is 24.3 Å². The van der Waals surface area contributed by atoms with Crippen molar-refractivity contribution in [2.75, 3.05) is 11.9 Å². The summed E-state index contributed by atoms with van der Waals surface area (Å²) < 4.78 is 1.78. The molecule has 4 rings (SSSR count). The molecule has 0 saturated carbocycles. The number of rotatable bonds is 4. The highest BCUT2D eigenvalue weighted by Gasteiger charge is 2.27. The van der Waals surface area contributed by atoms with Gasteiger partial charge in [-0.25, -0.2) is 14.6 Å². The Morgan fingerprint density at radius 3 is 3.08 bits per heavy atom. The van der Waals surface area contributed by atoms with Gasteiger partial charge in [-0.2, -0.15) is 10.4 Å². The minimum atomic E-state index is 0.321. The largest absolute Gasteiger partial charge is 0.352 e. The van der Waals surface area contributed by atoms with Crippen LogP contribution in [0.3, 0.4) is 0 Å². The van der Waals surface area contributed by atoms with Gasteiger partial charge >= 0.3 is 0 Å². The van der Waals surface area contributed by atoms with Crippen molar-refractivity contribution in [3.8, 4) is 6.07 Å². The molecule has 6 nitrogen and oxygen atoms in total. The minimum absolute atomic E-state index is 0.321. The van der Waals surface area contributed by atoms with E-state index < -0.39 is 0 Å². The summed E-state index contributed by atoms with van der Waals surface area (Å²) in [4.78, 5) is 11.1. The minimum Gasteiger partial charge on any atom is -0.352 e. The molecule has 0 saturated heterocycles. The maximum atomic E-state index is 8.78. The normalized spacial score (nSPS) is 16.1. The van der Waals surface area contributed by atoms with Gasteiger partial charge in [0.2, 0.25) is 0 Å². The molecule has 2 heterocycles. The molecular weight excluding hydrogens is 300 g/mol. The molecule has 0 spiro atoms. The molecule has 0 N–H and O–H groups in total. The first-order chi connectivity index (χ1) is 11.8. The molecule has 1 aliphatic carbocycles. The lowest BCUT2D eigenvalue weighted by Gasteiger charge is -2.26. The van der Waals surface area contributed by atoms with E-state index in [9.17, 15) is 0 Å². The molecule has 3 aromatic rings. The highest BCUT2D eigenvalue weighted by molar-refractivity contribution is 5.86. The van der Waals surface area contributed by atoms with Gasteiger partial charge in [-0.15, -0.1) is 0 Å². The quantitative estimate of drug-likeness (QED) is 0.740. The second-order valence-corrected chi connectivity index (χ2v) is 6.07. The Bertz CT molecular complexity index is 923. The number of nitrogens with zero attached hydrogens (tertiary/aromatic N) is 6. The number of anilines is 1. The van der Waals surface area contributed by atoms with Crippen molar-refractivity contribution in [3.63, 3.8) is 0 Å². The van der Waals surface area contributed by atoms with E-state index in [1.807, 2.05) is 0 Å². The Balaban J connectivity index is 1.72. The highest BCUT2D eigenvalue weighted by Crippen LogP contribution is 2.38. The summed E-state index contributed by atoms with van der Waals surface area (Å²) in [5.41, 5.74) is 3.58. The molecule has 0 unspecified atom stereocenters. The van der Waals surface area contributed by atoms with Crippen LogP contribution >= 0.6 is 0 Å². The first-order valence-electron chi connectivity index (χ1n) is 8.13. The van der Waals surface area contributed by atoms with Gasteiger partial charge in [0, 0.05) is 7.05 Å². The molecule has 6 heteroatoms. The van der Waals surface area contributed by atoms with Crippen LogP contribution in [-0.2, 0) is 13.0 Å². The summed E-state index contributed by atoms with van der Waals surface area (Å²) in [5, 5.41) is 14.1. The second kappa shape index (κ2) is 5.93. The van der Waals surface area contributed by atoms with Gasteiger partial charge < -0.3 is 4.90 Å². The lowest BCUT2D eigenvalue weighted by atomic mass is 10.1. The molecule has 24 heavy (non-hydrogen) atoms. The summed E-state index contributed by atoms with van der Waals surface area (Å²) in [7, 11) is 2.08. The van der Waals surface area contributed by atoms with Crippen LogP contribution in [0.15, 0.2) is 36.8 Å². The Morgan fingerprint density at radius 1 is 1.33 bits per heavy atom. The van der Waals surface area contributed by atoms with E-state index in [-0.39, 0.29) is 0 Å². The average molecular weight is 318 g/mol. The van der Waals surface area contributed by atoms with Crippen LogP contribution in [0.4, 0.5) is 5.82 Å². The number of aromatic nitrogens is 4. The van der Waals surface area contributed by atoms with Gasteiger partial charge in [-0.05, 0) is 24.0 Å². The fourth-order valence-electron chi connectivity index (χ4n) is 3.57. The number of hydrogen-bond donors (Lipinski definition) is 0. The van der Waals surface area contributed by atoms with Crippen LogP contribution in [0.1, 0.15) is 30.0 Å². The van der Waals surface area contributed by atoms with Crippen LogP contribution in [0.25, 0.3) is 11.0 Å². The van der Waals surface area contributed by atoms with Crippen molar-refractivity contribution in [1.29, 1.82) is 5.26 Å². The van der Waals surface area contributed by atoms with Crippen molar-refractivity contribution in [2.45, 2.75) is 31.8 Å². The SMILES string of the molecule is CN(c1ncnc2c1cnn2CCC#N)[C@H]1CCc2ccccc21. The van der Waals surface area contributed by atoms with Crippen molar-refractivity contribution < 1.29 is 0 Å². The third kappa shape index (κ3) is 2.29. The Labute approximate surface area is 140 Å². The maximum absolute atomic E-state index is 8.78. The zero-order valence-corrected chi connectivity index (χ0v) is 13.6. The number of benzene rings is 1. The maximum Gasteiger partial charge on any atom is 0.163 e. The number of fused-ring (bicyclic) bond motifs is 2. The number of nitriles is 1. The van der Waals surface area contributed by atoms with Crippen LogP contribution in [0.2, 0.25) is 0 Å². The fraction of sp³-hybridized carbons (Fsp3) is 0.333. The second-order valence-electron chi connectivity index (χ2n) is 6.07. The molecule has 0 radical (unpaired) electrons. The smallest absolute Gasteiger partial charge is 0.163 e. The van der Waals surface area contributed by atoms with Gasteiger partial charge in [0.15, 0.2) is 5.65 Å². The Hall–Kier alpha value is -2.94. The summed E-state index contributed by atoms with van der Waals surface area (Å²) in [6, 6.07) is 11.1. The Kier molecular flexibility index (Phi) is 3.62. The van der Waals surface area contributed by atoms with Crippen LogP contribution in [0.5, 0.6) is 0 Å². The molecule has 1 aliphatic rings. The molecule has 0 bridgehead atoms. The van der Waals surface area contributed by atoms with E-state index in [1.54, 1.807) is 17.2 Å². The molecule has 0 aliphatic heterocycles. The molecule has 1 atom stereocenters. The third-order valence-corrected chi connectivity index (χ3v) is 4.75. The highest BCUT2D eigenvalue weighted by atomic mass is 15.3. The van der Waals surface area contributed by atoms with E-state index in [2.05, 4.69) is 57.3 Å². The standard InChI is InChI=1S/C18H18N6/c1-23(16-8-7-13-5-2-3-6-14(13)16)17-15-11-22-24(10-4-9-19)18(15)21-12-20-17/h2-3,5-6,11-12,16H,4,7-8,10H2,1H3/t16-/m0/s1. The first-order valence-corrected chi connectivity index (χ1v) is 8.13. The van der Waals surface area contributed by atoms with Crippen molar-refractivity contribution in [3.05, 3.63) is 47.9 Å². The zero-order chi connectivity index (χ0) is 16.5. The van der Waals surface area contributed by atoms with Crippen LogP contribution in [0, 0.1) is 11.3 Å². The molecular formula is C18H18N6. The molecule has 0 fully saturated rings. The molecule has 2 aromatic heterocycles. The van der Waals surface area contributed by atoms with Crippen molar-refractivity contribution >= 4 is 16.9 Å². The van der Waals surface area contributed by atoms with Gasteiger partial charge in [0.1, 0.15) is 12.1 Å². The van der Waals surface area contributed by atoms with Crippen molar-refractivity contribution in [1.82, 2.24) is 19.7 Å². The summed E-state index contributed by atoms with van der Waals surface area (Å²) in [6.07, 6.45) is 5.99. The molecule has 1 aromatic carbocycles. The van der Waals surface area contributed by atoms with E-state index in [0.29, 0.717) is 19.0 Å².